The molecule has 0 radical (unpaired) electrons. The monoisotopic (exact) mass is 415 g/mol. The van der Waals surface area contributed by atoms with E-state index < -0.39 is 15.7 Å². The van der Waals surface area contributed by atoms with E-state index in [2.05, 4.69) is 15.5 Å². The minimum atomic E-state index is -3.30. The number of nitrogens with one attached hydrogen (secondary N) is 1. The Bertz CT molecular complexity index is 996. The molecule has 1 saturated carbocycles. The van der Waals surface area contributed by atoms with Gasteiger partial charge in [0.2, 0.25) is 0 Å². The summed E-state index contributed by atoms with van der Waals surface area (Å²) in [6.45, 7) is 1.00. The van der Waals surface area contributed by atoms with Crippen LogP contribution in [0.15, 0.2) is 58.7 Å². The minimum Gasteiger partial charge on any atom is -0.389 e. The fraction of sp³-hybridized carbons (Fsp3) is 0.350. The maximum absolute atomic E-state index is 12.8. The molecule has 1 atom stereocenters. The molecule has 2 heterocycles. The van der Waals surface area contributed by atoms with Crippen molar-refractivity contribution in [3.05, 3.63) is 54.2 Å². The largest absolute Gasteiger partial charge is 0.389 e. The lowest BCUT2D eigenvalue weighted by atomic mass is 10.1. The van der Waals surface area contributed by atoms with Gasteiger partial charge in [0, 0.05) is 18.2 Å². The normalized spacial score (nSPS) is 19.7. The highest BCUT2D eigenvalue weighted by Gasteiger charge is 2.36. The maximum atomic E-state index is 12.8. The van der Waals surface area contributed by atoms with Crippen LogP contribution < -0.4 is 5.32 Å². The predicted octanol–water partition coefficient (Wildman–Crippen LogP) is 2.17. The van der Waals surface area contributed by atoms with E-state index in [1.807, 2.05) is 0 Å². The van der Waals surface area contributed by atoms with Crippen LogP contribution in [0.3, 0.4) is 0 Å². The number of hydrogen-bond donors (Lipinski definition) is 1. The molecule has 0 spiro atoms. The van der Waals surface area contributed by atoms with Gasteiger partial charge in [-0.25, -0.2) is 13.4 Å². The molecule has 2 fully saturated rings. The van der Waals surface area contributed by atoms with Gasteiger partial charge in [-0.05, 0) is 37.1 Å². The number of carbonyl (C=O) groups excluding carboxylic acids is 1. The number of oxime groups is 1. The summed E-state index contributed by atoms with van der Waals surface area (Å²) in [5.41, 5.74) is 0.491. The van der Waals surface area contributed by atoms with Crippen molar-refractivity contribution in [1.29, 1.82) is 0 Å². The summed E-state index contributed by atoms with van der Waals surface area (Å²) in [4.78, 5) is 22.6. The maximum Gasteiger partial charge on any atom is 0.279 e. The number of hydrogen-bond acceptors (Lipinski definition) is 7. The van der Waals surface area contributed by atoms with Crippen LogP contribution in [0.1, 0.15) is 24.8 Å². The van der Waals surface area contributed by atoms with E-state index in [-0.39, 0.29) is 22.0 Å². The zero-order valence-electron chi connectivity index (χ0n) is 15.7. The number of ether oxygens (including phenoxy) is 1. The van der Waals surface area contributed by atoms with Gasteiger partial charge in [-0.1, -0.05) is 23.4 Å². The Hall–Kier alpha value is -2.78. The van der Waals surface area contributed by atoms with Crippen molar-refractivity contribution in [2.75, 3.05) is 18.5 Å². The van der Waals surface area contributed by atoms with Crippen LogP contribution in [-0.4, -0.2) is 49.6 Å². The lowest BCUT2D eigenvalue weighted by molar-refractivity contribution is -0.110. The number of rotatable bonds is 7. The van der Waals surface area contributed by atoms with Crippen molar-refractivity contribution >= 4 is 27.3 Å². The molecule has 1 N–H and O–H groups in total. The first-order valence-electron chi connectivity index (χ1n) is 9.42. The number of benzene rings is 1. The van der Waals surface area contributed by atoms with E-state index in [4.69, 9.17) is 9.57 Å². The van der Waals surface area contributed by atoms with E-state index in [1.54, 1.807) is 36.5 Å². The first-order valence-corrected chi connectivity index (χ1v) is 11.0. The summed E-state index contributed by atoms with van der Waals surface area (Å²) in [7, 11) is -3.30. The Morgan fingerprint density at radius 1 is 1.14 bits per heavy atom. The molecule has 9 heteroatoms. The Kier molecular flexibility index (Phi) is 5.59. The lowest BCUT2D eigenvalue weighted by Gasteiger charge is -2.11. The standard InChI is InChI=1S/C20H21N3O5S/c24-20(22-18-3-1-2-11-21-18)19(23-28-15-10-12-27-13-15)14-4-6-16(7-5-14)29(25,26)17-8-9-17/h1-7,11,15,17H,8-10,12-13H2,(H,21,22,24)/t15-/m1/s1. The molecule has 2 aromatic rings. The Labute approximate surface area is 168 Å². The lowest BCUT2D eigenvalue weighted by Crippen LogP contribution is -2.25. The van der Waals surface area contributed by atoms with E-state index in [0.29, 0.717) is 43.9 Å². The molecule has 1 saturated heterocycles. The van der Waals surface area contributed by atoms with Gasteiger partial charge in [0.15, 0.2) is 21.7 Å². The summed E-state index contributed by atoms with van der Waals surface area (Å²) in [5, 5.41) is 6.45. The van der Waals surface area contributed by atoms with Gasteiger partial charge in [-0.15, -0.1) is 0 Å². The van der Waals surface area contributed by atoms with Crippen molar-refractivity contribution in [1.82, 2.24) is 4.98 Å². The summed E-state index contributed by atoms with van der Waals surface area (Å²) in [6, 6.07) is 11.3. The highest BCUT2D eigenvalue weighted by Crippen LogP contribution is 2.33. The van der Waals surface area contributed by atoms with Crippen LogP contribution in [0.25, 0.3) is 0 Å². The summed E-state index contributed by atoms with van der Waals surface area (Å²) >= 11 is 0. The second kappa shape index (κ2) is 8.30. The number of anilines is 1. The van der Waals surface area contributed by atoms with Crippen molar-refractivity contribution < 1.29 is 22.8 Å². The molecule has 2 aliphatic rings. The number of carbonyl (C=O) groups is 1. The number of aromatic nitrogens is 1. The van der Waals surface area contributed by atoms with Crippen LogP contribution >= 0.6 is 0 Å². The van der Waals surface area contributed by atoms with Crippen molar-refractivity contribution in [2.24, 2.45) is 5.16 Å². The molecular weight excluding hydrogens is 394 g/mol. The average molecular weight is 415 g/mol. The SMILES string of the molecule is O=C(Nc1ccccn1)C(=NO[C@@H]1CCOC1)c1ccc(S(=O)(=O)C2CC2)cc1. The molecule has 1 aliphatic heterocycles. The van der Waals surface area contributed by atoms with E-state index in [0.717, 1.165) is 0 Å². The van der Waals surface area contributed by atoms with Gasteiger partial charge in [-0.2, -0.15) is 0 Å². The quantitative estimate of drug-likeness (QED) is 0.549. The fourth-order valence-electron chi connectivity index (χ4n) is 2.93. The van der Waals surface area contributed by atoms with Gasteiger partial charge in [0.1, 0.15) is 5.82 Å². The smallest absolute Gasteiger partial charge is 0.279 e. The second-order valence-corrected chi connectivity index (χ2v) is 9.20. The summed E-state index contributed by atoms with van der Waals surface area (Å²) in [5.74, 6) is -0.122. The predicted molar refractivity (Wildman–Crippen MR) is 106 cm³/mol. The molecular formula is C20H21N3O5S. The molecule has 8 nitrogen and oxygen atoms in total. The fourth-order valence-corrected chi connectivity index (χ4v) is 4.59. The molecule has 1 aromatic heterocycles. The number of pyridine rings is 1. The second-order valence-electron chi connectivity index (χ2n) is 6.97. The highest BCUT2D eigenvalue weighted by molar-refractivity contribution is 7.92. The highest BCUT2D eigenvalue weighted by atomic mass is 32.2. The van der Waals surface area contributed by atoms with Crippen LogP contribution in [-0.2, 0) is 24.2 Å². The summed E-state index contributed by atoms with van der Waals surface area (Å²) in [6.07, 6.45) is 3.43. The zero-order valence-corrected chi connectivity index (χ0v) is 16.5. The Balaban J connectivity index is 1.58. The van der Waals surface area contributed by atoms with Gasteiger partial charge < -0.3 is 14.9 Å². The average Bonchev–Trinajstić information content (AvgIpc) is 3.47. The van der Waals surface area contributed by atoms with Crippen LogP contribution in [0.2, 0.25) is 0 Å². The topological polar surface area (TPSA) is 107 Å². The summed E-state index contributed by atoms with van der Waals surface area (Å²) < 4.78 is 30.0. The molecule has 1 amide bonds. The number of amides is 1. The van der Waals surface area contributed by atoms with Crippen LogP contribution in [0, 0.1) is 0 Å². The third-order valence-corrected chi connectivity index (χ3v) is 7.00. The van der Waals surface area contributed by atoms with Crippen LogP contribution in [0.5, 0.6) is 0 Å². The molecule has 1 aliphatic carbocycles. The minimum absolute atomic E-state index is 0.0397. The van der Waals surface area contributed by atoms with Gasteiger partial charge in [0.25, 0.3) is 5.91 Å². The van der Waals surface area contributed by atoms with Crippen molar-refractivity contribution in [2.45, 2.75) is 35.5 Å². The van der Waals surface area contributed by atoms with Gasteiger partial charge >= 0.3 is 0 Å². The van der Waals surface area contributed by atoms with E-state index >= 15 is 0 Å². The first-order chi connectivity index (χ1) is 14.0. The van der Waals surface area contributed by atoms with Crippen LogP contribution in [0.4, 0.5) is 5.82 Å². The Morgan fingerprint density at radius 2 is 1.93 bits per heavy atom. The zero-order chi connectivity index (χ0) is 20.3. The van der Waals surface area contributed by atoms with Gasteiger partial charge in [0.05, 0.1) is 23.4 Å². The van der Waals surface area contributed by atoms with E-state index in [1.165, 1.54) is 12.1 Å². The Morgan fingerprint density at radius 3 is 2.55 bits per heavy atom. The molecule has 0 bridgehead atoms. The van der Waals surface area contributed by atoms with Crippen molar-refractivity contribution in [3.63, 3.8) is 0 Å². The van der Waals surface area contributed by atoms with Gasteiger partial charge in [-0.3, -0.25) is 4.79 Å². The molecule has 1 aromatic carbocycles. The third-order valence-electron chi connectivity index (χ3n) is 4.72. The van der Waals surface area contributed by atoms with Crippen molar-refractivity contribution in [3.8, 4) is 0 Å². The number of nitrogens with zero attached hydrogens (tertiary/aromatic N) is 2. The molecule has 29 heavy (non-hydrogen) atoms. The molecule has 0 unspecified atom stereocenters. The first kappa shape index (κ1) is 19.5. The van der Waals surface area contributed by atoms with E-state index in [9.17, 15) is 13.2 Å². The molecule has 152 valence electrons. The molecule has 4 rings (SSSR count). The number of sulfone groups is 1. The third kappa shape index (κ3) is 4.63.